The zero-order valence-corrected chi connectivity index (χ0v) is 12.4. The first kappa shape index (κ1) is 15.2. The Hall–Kier alpha value is -0.870. The van der Waals surface area contributed by atoms with E-state index < -0.39 is 9.84 Å². The third-order valence-corrected chi connectivity index (χ3v) is 5.34. The van der Waals surface area contributed by atoms with Crippen LogP contribution in [-0.2, 0) is 9.84 Å². The first-order chi connectivity index (χ1) is 8.47. The normalized spacial score (nSPS) is 15.3. The van der Waals surface area contributed by atoms with Crippen molar-refractivity contribution >= 4 is 9.84 Å². The highest BCUT2D eigenvalue weighted by Crippen LogP contribution is 2.28. The van der Waals surface area contributed by atoms with Crippen LogP contribution in [0.1, 0.15) is 38.7 Å². The second-order valence-electron chi connectivity index (χ2n) is 4.53. The number of rotatable bonds is 6. The lowest BCUT2D eigenvalue weighted by Gasteiger charge is -2.24. The molecule has 0 aliphatic carbocycles. The Labute approximate surface area is 111 Å². The number of benzene rings is 1. The van der Waals surface area contributed by atoms with Gasteiger partial charge in [0.05, 0.1) is 10.6 Å². The van der Waals surface area contributed by atoms with E-state index in [1.54, 1.807) is 19.1 Å². The van der Waals surface area contributed by atoms with Gasteiger partial charge >= 0.3 is 0 Å². The highest BCUT2D eigenvalue weighted by molar-refractivity contribution is 7.91. The standard InChI is InChI=1S/C14H23NO2S/c1-5-13(15-4)11(3)12-9-7-8-10-14(12)18(16,17)6-2/h7-11,13,15H,5-6H2,1-4H3. The van der Waals surface area contributed by atoms with Crippen LogP contribution in [0, 0.1) is 0 Å². The molecule has 2 atom stereocenters. The average molecular weight is 269 g/mol. The van der Waals surface area contributed by atoms with E-state index in [2.05, 4.69) is 19.2 Å². The second kappa shape index (κ2) is 6.34. The van der Waals surface area contributed by atoms with Crippen molar-refractivity contribution in [2.75, 3.05) is 12.8 Å². The Morgan fingerprint density at radius 2 is 1.83 bits per heavy atom. The van der Waals surface area contributed by atoms with Crippen LogP contribution in [-0.4, -0.2) is 27.3 Å². The lowest BCUT2D eigenvalue weighted by atomic mass is 9.92. The van der Waals surface area contributed by atoms with Gasteiger partial charge < -0.3 is 5.32 Å². The zero-order chi connectivity index (χ0) is 13.8. The van der Waals surface area contributed by atoms with Crippen LogP contribution in [0.5, 0.6) is 0 Å². The molecule has 0 bridgehead atoms. The molecule has 3 nitrogen and oxygen atoms in total. The van der Waals surface area contributed by atoms with E-state index in [9.17, 15) is 8.42 Å². The molecule has 1 N–H and O–H groups in total. The van der Waals surface area contributed by atoms with Gasteiger partial charge in [-0.1, -0.05) is 39.0 Å². The molecule has 0 aliphatic heterocycles. The summed E-state index contributed by atoms with van der Waals surface area (Å²) in [6.45, 7) is 5.87. The maximum Gasteiger partial charge on any atom is 0.178 e. The Balaban J connectivity index is 3.25. The summed E-state index contributed by atoms with van der Waals surface area (Å²) in [7, 11) is -1.23. The van der Waals surface area contributed by atoms with Crippen molar-refractivity contribution in [3.05, 3.63) is 29.8 Å². The molecule has 0 aromatic heterocycles. The molecule has 2 unspecified atom stereocenters. The summed E-state index contributed by atoms with van der Waals surface area (Å²) in [6.07, 6.45) is 0.970. The number of nitrogens with one attached hydrogen (secondary N) is 1. The van der Waals surface area contributed by atoms with Crippen molar-refractivity contribution in [2.24, 2.45) is 0 Å². The van der Waals surface area contributed by atoms with E-state index in [1.165, 1.54) is 0 Å². The van der Waals surface area contributed by atoms with E-state index in [1.807, 2.05) is 19.2 Å². The molecule has 0 heterocycles. The third kappa shape index (κ3) is 3.12. The Morgan fingerprint density at radius 3 is 2.33 bits per heavy atom. The SMILES string of the molecule is CCC(NC)C(C)c1ccccc1S(=O)(=O)CC. The largest absolute Gasteiger partial charge is 0.316 e. The summed E-state index contributed by atoms with van der Waals surface area (Å²) in [5, 5.41) is 3.25. The Bertz CT molecular complexity index is 478. The first-order valence-electron chi connectivity index (χ1n) is 6.46. The molecule has 4 heteroatoms. The average Bonchev–Trinajstić information content (AvgIpc) is 2.40. The molecular weight excluding hydrogens is 246 g/mol. The van der Waals surface area contributed by atoms with Crippen molar-refractivity contribution in [1.82, 2.24) is 5.32 Å². The van der Waals surface area contributed by atoms with Crippen molar-refractivity contribution in [3.8, 4) is 0 Å². The molecule has 0 spiro atoms. The summed E-state index contributed by atoms with van der Waals surface area (Å²) in [5.74, 6) is 0.324. The van der Waals surface area contributed by atoms with E-state index in [4.69, 9.17) is 0 Å². The van der Waals surface area contributed by atoms with E-state index in [-0.39, 0.29) is 11.7 Å². The summed E-state index contributed by atoms with van der Waals surface area (Å²) in [4.78, 5) is 0.480. The number of likely N-dealkylation sites (N-methyl/N-ethyl adjacent to an activating group) is 1. The van der Waals surface area contributed by atoms with Crippen LogP contribution in [0.3, 0.4) is 0 Å². The van der Waals surface area contributed by atoms with E-state index >= 15 is 0 Å². The minimum absolute atomic E-state index is 0.146. The molecule has 0 saturated carbocycles. The topological polar surface area (TPSA) is 46.2 Å². The van der Waals surface area contributed by atoms with Crippen LogP contribution in [0.15, 0.2) is 29.2 Å². The molecule has 0 fully saturated rings. The van der Waals surface area contributed by atoms with Gasteiger partial charge in [-0.25, -0.2) is 8.42 Å². The first-order valence-corrected chi connectivity index (χ1v) is 8.12. The van der Waals surface area contributed by atoms with Crippen LogP contribution >= 0.6 is 0 Å². The number of hydrogen-bond donors (Lipinski definition) is 1. The Kier molecular flexibility index (Phi) is 5.35. The number of sulfone groups is 1. The predicted molar refractivity (Wildman–Crippen MR) is 75.7 cm³/mol. The van der Waals surface area contributed by atoms with Gasteiger partial charge in [-0.3, -0.25) is 0 Å². The monoisotopic (exact) mass is 269 g/mol. The minimum Gasteiger partial charge on any atom is -0.316 e. The molecule has 0 aliphatic rings. The second-order valence-corrected chi connectivity index (χ2v) is 6.78. The fourth-order valence-electron chi connectivity index (χ4n) is 2.32. The smallest absolute Gasteiger partial charge is 0.178 e. The van der Waals surface area contributed by atoms with E-state index in [0.29, 0.717) is 10.9 Å². The molecule has 1 rings (SSSR count). The van der Waals surface area contributed by atoms with Crippen molar-refractivity contribution < 1.29 is 8.42 Å². The molecule has 0 amide bonds. The fourth-order valence-corrected chi connectivity index (χ4v) is 3.53. The predicted octanol–water partition coefficient (Wildman–Crippen LogP) is 2.58. The van der Waals surface area contributed by atoms with Crippen molar-refractivity contribution in [2.45, 2.75) is 44.0 Å². The van der Waals surface area contributed by atoms with Crippen molar-refractivity contribution in [1.29, 1.82) is 0 Å². The quantitative estimate of drug-likeness (QED) is 0.863. The highest BCUT2D eigenvalue weighted by atomic mass is 32.2. The summed E-state index contributed by atoms with van der Waals surface area (Å²) >= 11 is 0. The number of hydrogen-bond acceptors (Lipinski definition) is 3. The minimum atomic E-state index is -3.15. The van der Waals surface area contributed by atoms with E-state index in [0.717, 1.165) is 12.0 Å². The van der Waals surface area contributed by atoms with Gasteiger partial charge in [-0.05, 0) is 31.0 Å². The summed E-state index contributed by atoms with van der Waals surface area (Å²) < 4.78 is 24.2. The van der Waals surface area contributed by atoms with Gasteiger partial charge in [0.2, 0.25) is 0 Å². The van der Waals surface area contributed by atoms with Crippen LogP contribution in [0.4, 0.5) is 0 Å². The van der Waals surface area contributed by atoms with Crippen LogP contribution in [0.2, 0.25) is 0 Å². The fraction of sp³-hybridized carbons (Fsp3) is 0.571. The summed E-state index contributed by atoms with van der Waals surface area (Å²) in [6, 6.07) is 7.63. The lowest BCUT2D eigenvalue weighted by molar-refractivity contribution is 0.467. The van der Waals surface area contributed by atoms with Gasteiger partial charge in [-0.15, -0.1) is 0 Å². The molecule has 0 radical (unpaired) electrons. The third-order valence-electron chi connectivity index (χ3n) is 3.54. The molecule has 0 saturated heterocycles. The van der Waals surface area contributed by atoms with Gasteiger partial charge in [0.25, 0.3) is 0 Å². The highest BCUT2D eigenvalue weighted by Gasteiger charge is 2.23. The lowest BCUT2D eigenvalue weighted by Crippen LogP contribution is -2.30. The van der Waals surface area contributed by atoms with Crippen LogP contribution in [0.25, 0.3) is 0 Å². The van der Waals surface area contributed by atoms with Gasteiger partial charge in [0.1, 0.15) is 0 Å². The maximum absolute atomic E-state index is 12.1. The molecule has 18 heavy (non-hydrogen) atoms. The molecular formula is C14H23NO2S. The zero-order valence-electron chi connectivity index (χ0n) is 11.6. The molecule has 1 aromatic carbocycles. The summed E-state index contributed by atoms with van der Waals surface area (Å²) in [5.41, 5.74) is 0.917. The van der Waals surface area contributed by atoms with Gasteiger partial charge in [0.15, 0.2) is 9.84 Å². The van der Waals surface area contributed by atoms with Gasteiger partial charge in [-0.2, -0.15) is 0 Å². The van der Waals surface area contributed by atoms with Crippen LogP contribution < -0.4 is 5.32 Å². The van der Waals surface area contributed by atoms with Gasteiger partial charge in [0, 0.05) is 6.04 Å². The van der Waals surface area contributed by atoms with Crippen molar-refractivity contribution in [3.63, 3.8) is 0 Å². The Morgan fingerprint density at radius 1 is 1.22 bits per heavy atom. The maximum atomic E-state index is 12.1. The molecule has 102 valence electrons. The molecule has 1 aromatic rings.